The molecule has 35 heavy (non-hydrogen) atoms. The second kappa shape index (κ2) is 9.91. The van der Waals surface area contributed by atoms with Crippen LogP contribution in [0.4, 0.5) is 5.69 Å². The van der Waals surface area contributed by atoms with E-state index in [0.29, 0.717) is 39.6 Å². The minimum atomic E-state index is -0.262. The smallest absolute Gasteiger partial charge is 0.262 e. The molecule has 0 spiro atoms. The van der Waals surface area contributed by atoms with Gasteiger partial charge >= 0.3 is 0 Å². The summed E-state index contributed by atoms with van der Waals surface area (Å²) in [6, 6.07) is 14.6. The average molecular weight is 491 g/mol. The van der Waals surface area contributed by atoms with E-state index in [2.05, 4.69) is 27.8 Å². The van der Waals surface area contributed by atoms with E-state index < -0.39 is 0 Å². The predicted octanol–water partition coefficient (Wildman–Crippen LogP) is 3.47. The molecule has 180 valence electrons. The number of carbonyl (C=O) groups is 2. The number of nitrogens with zero attached hydrogens (tertiary/aromatic N) is 4. The summed E-state index contributed by atoms with van der Waals surface area (Å²) in [6.45, 7) is 2.62. The molecule has 1 fully saturated rings. The third-order valence-corrected chi connectivity index (χ3v) is 6.83. The van der Waals surface area contributed by atoms with Gasteiger partial charge in [0.1, 0.15) is 0 Å². The lowest BCUT2D eigenvalue weighted by Crippen LogP contribution is -2.27. The van der Waals surface area contributed by atoms with Gasteiger partial charge in [0.2, 0.25) is 11.7 Å². The standard InChI is InChI=1S/C25H26N6O3S/c1-2-3-14-30-23(34)18-9-5-7-11-20(18)31-24(30)28-29-25(31)35-15-21(32)27-19-10-6-4-8-17(19)22(33)26-16-12-13-16/h4-11,16H,2-3,12-15H2,1H3,(H,26,33)(H,27,32). The van der Waals surface area contributed by atoms with Crippen molar-refractivity contribution in [2.45, 2.75) is 50.4 Å². The Hall–Kier alpha value is -3.66. The van der Waals surface area contributed by atoms with Crippen LogP contribution in [-0.4, -0.2) is 42.8 Å². The highest BCUT2D eigenvalue weighted by atomic mass is 32.2. The third kappa shape index (κ3) is 4.79. The van der Waals surface area contributed by atoms with Crippen LogP contribution < -0.4 is 16.2 Å². The fraction of sp³-hybridized carbons (Fsp3) is 0.320. The van der Waals surface area contributed by atoms with Crippen molar-refractivity contribution < 1.29 is 9.59 Å². The normalized spacial score (nSPS) is 13.3. The number of hydrogen-bond acceptors (Lipinski definition) is 6. The van der Waals surface area contributed by atoms with E-state index in [1.165, 1.54) is 11.8 Å². The number of aryl methyl sites for hydroxylation is 1. The molecule has 0 saturated heterocycles. The molecule has 0 bridgehead atoms. The Kier molecular flexibility index (Phi) is 6.54. The van der Waals surface area contributed by atoms with Crippen molar-refractivity contribution in [3.05, 3.63) is 64.4 Å². The summed E-state index contributed by atoms with van der Waals surface area (Å²) >= 11 is 1.23. The summed E-state index contributed by atoms with van der Waals surface area (Å²) in [5.41, 5.74) is 1.53. The fourth-order valence-corrected chi connectivity index (χ4v) is 4.68. The number of amides is 2. The highest BCUT2D eigenvalue weighted by Gasteiger charge is 2.25. The third-order valence-electron chi connectivity index (χ3n) is 5.90. The van der Waals surface area contributed by atoms with E-state index in [0.717, 1.165) is 25.7 Å². The minimum Gasteiger partial charge on any atom is -0.349 e. The first-order chi connectivity index (χ1) is 17.1. The summed E-state index contributed by atoms with van der Waals surface area (Å²) < 4.78 is 3.49. The minimum absolute atomic E-state index is 0.0712. The van der Waals surface area contributed by atoms with E-state index in [9.17, 15) is 14.4 Å². The lowest BCUT2D eigenvalue weighted by atomic mass is 10.1. The van der Waals surface area contributed by atoms with Gasteiger partial charge in [0.25, 0.3) is 11.5 Å². The van der Waals surface area contributed by atoms with Crippen LogP contribution in [-0.2, 0) is 11.3 Å². The van der Waals surface area contributed by atoms with Crippen LogP contribution in [0.1, 0.15) is 43.0 Å². The van der Waals surface area contributed by atoms with Crippen LogP contribution in [0.5, 0.6) is 0 Å². The zero-order valence-corrected chi connectivity index (χ0v) is 20.2. The van der Waals surface area contributed by atoms with Gasteiger partial charge in [0.15, 0.2) is 5.16 Å². The van der Waals surface area contributed by atoms with Crippen molar-refractivity contribution in [2.75, 3.05) is 11.1 Å². The summed E-state index contributed by atoms with van der Waals surface area (Å²) in [4.78, 5) is 38.4. The Morgan fingerprint density at radius 1 is 1.09 bits per heavy atom. The maximum Gasteiger partial charge on any atom is 0.262 e. The first-order valence-corrected chi connectivity index (χ1v) is 12.7. The molecule has 2 heterocycles. The molecule has 5 rings (SSSR count). The Labute approximate surface area is 205 Å². The van der Waals surface area contributed by atoms with Crippen LogP contribution >= 0.6 is 11.8 Å². The number of carbonyl (C=O) groups excluding carboxylic acids is 2. The van der Waals surface area contributed by atoms with E-state index in [1.807, 2.05) is 22.6 Å². The SMILES string of the molecule is CCCCn1c(=O)c2ccccc2n2c(SCC(=O)Nc3ccccc3C(=O)NC3CC3)nnc12. The molecular formula is C25H26N6O3S. The number of unbranched alkanes of at least 4 members (excludes halogenated alkanes) is 1. The topological polar surface area (TPSA) is 110 Å². The maximum absolute atomic E-state index is 13.1. The number of para-hydroxylation sites is 2. The Morgan fingerprint density at radius 3 is 2.66 bits per heavy atom. The van der Waals surface area contributed by atoms with Crippen molar-refractivity contribution in [1.29, 1.82) is 0 Å². The molecule has 1 aliphatic rings. The number of benzene rings is 2. The summed E-state index contributed by atoms with van der Waals surface area (Å²) in [7, 11) is 0. The summed E-state index contributed by atoms with van der Waals surface area (Å²) in [5.74, 6) is 0.0899. The van der Waals surface area contributed by atoms with Crippen molar-refractivity contribution in [2.24, 2.45) is 0 Å². The highest BCUT2D eigenvalue weighted by Crippen LogP contribution is 2.24. The quantitative estimate of drug-likeness (QED) is 0.348. The number of hydrogen-bond donors (Lipinski definition) is 2. The zero-order valence-electron chi connectivity index (χ0n) is 19.4. The summed E-state index contributed by atoms with van der Waals surface area (Å²) in [5, 5.41) is 15.5. The van der Waals surface area contributed by atoms with Crippen molar-refractivity contribution >= 4 is 45.9 Å². The van der Waals surface area contributed by atoms with Gasteiger partial charge in [0, 0.05) is 12.6 Å². The average Bonchev–Trinajstić information content (AvgIpc) is 3.58. The van der Waals surface area contributed by atoms with Gasteiger partial charge in [-0.15, -0.1) is 10.2 Å². The molecule has 2 amide bonds. The molecule has 1 saturated carbocycles. The second-order valence-corrected chi connectivity index (χ2v) is 9.52. The van der Waals surface area contributed by atoms with Crippen LogP contribution in [0, 0.1) is 0 Å². The lowest BCUT2D eigenvalue weighted by Gasteiger charge is -2.12. The van der Waals surface area contributed by atoms with Gasteiger partial charge in [-0.1, -0.05) is 49.4 Å². The van der Waals surface area contributed by atoms with Crippen LogP contribution in [0.3, 0.4) is 0 Å². The van der Waals surface area contributed by atoms with Crippen LogP contribution in [0.2, 0.25) is 0 Å². The van der Waals surface area contributed by atoms with Crippen molar-refractivity contribution in [3.63, 3.8) is 0 Å². The van der Waals surface area contributed by atoms with Gasteiger partial charge in [-0.2, -0.15) is 0 Å². The highest BCUT2D eigenvalue weighted by molar-refractivity contribution is 7.99. The van der Waals surface area contributed by atoms with Crippen molar-refractivity contribution in [3.8, 4) is 0 Å². The number of rotatable bonds is 9. The van der Waals surface area contributed by atoms with Gasteiger partial charge in [-0.05, 0) is 43.5 Å². The molecular weight excluding hydrogens is 464 g/mol. The Bertz CT molecular complexity index is 1470. The first kappa shape index (κ1) is 23.1. The number of thioether (sulfide) groups is 1. The first-order valence-electron chi connectivity index (χ1n) is 11.8. The van der Waals surface area contributed by atoms with Crippen LogP contribution in [0.25, 0.3) is 16.7 Å². The molecule has 2 aromatic heterocycles. The number of anilines is 1. The Morgan fingerprint density at radius 2 is 1.86 bits per heavy atom. The molecule has 2 N–H and O–H groups in total. The summed E-state index contributed by atoms with van der Waals surface area (Å²) in [6.07, 6.45) is 3.77. The maximum atomic E-state index is 13.1. The van der Waals surface area contributed by atoms with E-state index in [-0.39, 0.29) is 29.2 Å². The molecule has 0 unspecified atom stereocenters. The lowest BCUT2D eigenvalue weighted by molar-refractivity contribution is -0.113. The number of aromatic nitrogens is 4. The molecule has 1 aliphatic carbocycles. The molecule has 10 heteroatoms. The van der Waals surface area contributed by atoms with Crippen LogP contribution in [0.15, 0.2) is 58.5 Å². The van der Waals surface area contributed by atoms with Gasteiger partial charge in [0.05, 0.1) is 27.9 Å². The largest absolute Gasteiger partial charge is 0.349 e. The monoisotopic (exact) mass is 490 g/mol. The van der Waals surface area contributed by atoms with Gasteiger partial charge in [-0.25, -0.2) is 0 Å². The number of nitrogens with one attached hydrogen (secondary N) is 2. The van der Waals surface area contributed by atoms with E-state index in [4.69, 9.17) is 0 Å². The van der Waals surface area contributed by atoms with E-state index >= 15 is 0 Å². The zero-order chi connectivity index (χ0) is 24.4. The number of fused-ring (bicyclic) bond motifs is 3. The second-order valence-electron chi connectivity index (χ2n) is 8.58. The Balaban J connectivity index is 1.38. The predicted molar refractivity (Wildman–Crippen MR) is 136 cm³/mol. The molecule has 0 aliphatic heterocycles. The van der Waals surface area contributed by atoms with Gasteiger partial charge < -0.3 is 10.6 Å². The molecule has 4 aromatic rings. The molecule has 0 radical (unpaired) electrons. The fourth-order valence-electron chi connectivity index (χ4n) is 3.94. The van der Waals surface area contributed by atoms with E-state index in [1.54, 1.807) is 34.9 Å². The molecule has 9 nitrogen and oxygen atoms in total. The molecule has 0 atom stereocenters. The van der Waals surface area contributed by atoms with Gasteiger partial charge in [-0.3, -0.25) is 23.4 Å². The molecule has 2 aromatic carbocycles. The van der Waals surface area contributed by atoms with Crippen molar-refractivity contribution in [1.82, 2.24) is 24.5 Å².